The first-order chi connectivity index (χ1) is 7.61. The fraction of sp³-hybridized carbons (Fsp3) is 0.273. The highest BCUT2D eigenvalue weighted by Gasteiger charge is 2.11. The van der Waals surface area contributed by atoms with Crippen molar-refractivity contribution in [3.05, 3.63) is 35.9 Å². The molecule has 1 aromatic carbocycles. The van der Waals surface area contributed by atoms with Crippen LogP contribution in [0.1, 0.15) is 10.4 Å². The molecule has 0 fully saturated rings. The fourth-order valence-corrected chi connectivity index (χ4v) is 1.96. The number of rotatable bonds is 6. The number of ketones is 1. The van der Waals surface area contributed by atoms with Crippen LogP contribution >= 0.6 is 11.8 Å². The van der Waals surface area contributed by atoms with Crippen LogP contribution in [0.5, 0.6) is 0 Å². The van der Waals surface area contributed by atoms with E-state index in [0.717, 1.165) is 0 Å². The summed E-state index contributed by atoms with van der Waals surface area (Å²) in [6.07, 6.45) is 0. The van der Waals surface area contributed by atoms with Crippen LogP contribution < -0.4 is 11.5 Å². The van der Waals surface area contributed by atoms with Crippen molar-refractivity contribution in [1.82, 2.24) is 0 Å². The zero-order valence-electron chi connectivity index (χ0n) is 8.76. The Bertz CT molecular complexity index is 368. The van der Waals surface area contributed by atoms with E-state index in [9.17, 15) is 9.59 Å². The number of carbonyl (C=O) groups is 2. The molecule has 0 aliphatic carbocycles. The first kappa shape index (κ1) is 12.7. The van der Waals surface area contributed by atoms with Crippen LogP contribution in [0, 0.1) is 0 Å². The number of amides is 1. The Morgan fingerprint density at radius 1 is 1.25 bits per heavy atom. The third kappa shape index (κ3) is 4.04. The average molecular weight is 238 g/mol. The van der Waals surface area contributed by atoms with Crippen molar-refractivity contribution in [3.63, 3.8) is 0 Å². The standard InChI is InChI=1S/C11H14N2O2S/c12-9(11(13)15)6-16-7-10(14)8-4-2-1-3-5-8/h1-5,9H,6-7,12H2,(H2,13,15)/t9-/m0/s1. The van der Waals surface area contributed by atoms with Crippen molar-refractivity contribution in [2.45, 2.75) is 6.04 Å². The monoisotopic (exact) mass is 238 g/mol. The molecular formula is C11H14N2O2S. The second kappa shape index (κ2) is 6.30. The van der Waals surface area contributed by atoms with Crippen LogP contribution in [0.25, 0.3) is 0 Å². The summed E-state index contributed by atoms with van der Waals surface area (Å²) in [5.74, 6) is 0.167. The summed E-state index contributed by atoms with van der Waals surface area (Å²) in [7, 11) is 0. The Morgan fingerprint density at radius 3 is 2.44 bits per heavy atom. The summed E-state index contributed by atoms with van der Waals surface area (Å²) in [5, 5.41) is 0. The Morgan fingerprint density at radius 2 is 1.88 bits per heavy atom. The first-order valence-electron chi connectivity index (χ1n) is 4.82. The highest BCUT2D eigenvalue weighted by atomic mass is 32.2. The molecule has 0 aliphatic heterocycles. The zero-order valence-corrected chi connectivity index (χ0v) is 9.57. The Labute approximate surface area is 98.4 Å². The van der Waals surface area contributed by atoms with E-state index in [-0.39, 0.29) is 5.78 Å². The molecule has 1 amide bonds. The summed E-state index contributed by atoms with van der Waals surface area (Å²) in [6.45, 7) is 0. The molecule has 0 saturated heterocycles. The minimum Gasteiger partial charge on any atom is -0.368 e. The van der Waals surface area contributed by atoms with E-state index in [4.69, 9.17) is 11.5 Å². The smallest absolute Gasteiger partial charge is 0.235 e. The molecule has 1 rings (SSSR count). The minimum absolute atomic E-state index is 0.0299. The minimum atomic E-state index is -0.687. The maximum absolute atomic E-state index is 11.6. The van der Waals surface area contributed by atoms with Crippen molar-refractivity contribution >= 4 is 23.5 Å². The number of benzene rings is 1. The molecular weight excluding hydrogens is 224 g/mol. The van der Waals surface area contributed by atoms with E-state index in [2.05, 4.69) is 0 Å². The predicted molar refractivity (Wildman–Crippen MR) is 65.3 cm³/mol. The van der Waals surface area contributed by atoms with Crippen LogP contribution in [-0.2, 0) is 4.79 Å². The molecule has 4 nitrogen and oxygen atoms in total. The van der Waals surface area contributed by atoms with E-state index in [0.29, 0.717) is 17.1 Å². The first-order valence-corrected chi connectivity index (χ1v) is 5.97. The summed E-state index contributed by atoms with van der Waals surface area (Å²) in [6, 6.07) is 8.31. The summed E-state index contributed by atoms with van der Waals surface area (Å²) in [4.78, 5) is 22.3. The molecule has 5 heteroatoms. The van der Waals surface area contributed by atoms with Gasteiger partial charge in [0.25, 0.3) is 0 Å². The summed E-state index contributed by atoms with van der Waals surface area (Å²) in [5.41, 5.74) is 11.1. The molecule has 0 bridgehead atoms. The second-order valence-corrected chi connectivity index (χ2v) is 4.34. The van der Waals surface area contributed by atoms with Gasteiger partial charge >= 0.3 is 0 Å². The topological polar surface area (TPSA) is 86.2 Å². The molecule has 0 unspecified atom stereocenters. The van der Waals surface area contributed by atoms with Crippen molar-refractivity contribution in [2.24, 2.45) is 11.5 Å². The molecule has 1 aromatic rings. The van der Waals surface area contributed by atoms with Gasteiger partial charge in [0.05, 0.1) is 11.8 Å². The molecule has 0 radical (unpaired) electrons. The lowest BCUT2D eigenvalue weighted by Gasteiger charge is -2.06. The molecule has 4 N–H and O–H groups in total. The van der Waals surface area contributed by atoms with E-state index >= 15 is 0 Å². The lowest BCUT2D eigenvalue weighted by molar-refractivity contribution is -0.118. The number of carbonyl (C=O) groups excluding carboxylic acids is 2. The van der Waals surface area contributed by atoms with E-state index in [1.165, 1.54) is 11.8 Å². The maximum atomic E-state index is 11.6. The number of thioether (sulfide) groups is 1. The van der Waals surface area contributed by atoms with Gasteiger partial charge in [-0.25, -0.2) is 0 Å². The predicted octanol–water partition coefficient (Wildman–Crippen LogP) is 0.415. The molecule has 0 saturated carbocycles. The van der Waals surface area contributed by atoms with Gasteiger partial charge in [-0.3, -0.25) is 9.59 Å². The molecule has 0 heterocycles. The van der Waals surface area contributed by atoms with Crippen LogP contribution in [-0.4, -0.2) is 29.2 Å². The number of nitrogens with two attached hydrogens (primary N) is 2. The van der Waals surface area contributed by atoms with Gasteiger partial charge in [0.1, 0.15) is 0 Å². The number of Topliss-reactive ketones (excluding diaryl/α,β-unsaturated/α-hetero) is 1. The third-order valence-corrected chi connectivity index (χ3v) is 3.05. The van der Waals surface area contributed by atoms with Crippen molar-refractivity contribution < 1.29 is 9.59 Å². The molecule has 0 aromatic heterocycles. The fourth-order valence-electron chi connectivity index (χ4n) is 1.07. The Balaban J connectivity index is 2.34. The zero-order chi connectivity index (χ0) is 12.0. The average Bonchev–Trinajstić information content (AvgIpc) is 2.29. The van der Waals surface area contributed by atoms with Gasteiger partial charge in [0.15, 0.2) is 5.78 Å². The summed E-state index contributed by atoms with van der Waals surface area (Å²) >= 11 is 1.32. The molecule has 0 spiro atoms. The van der Waals surface area contributed by atoms with Gasteiger partial charge in [-0.1, -0.05) is 30.3 Å². The number of hydrogen-bond acceptors (Lipinski definition) is 4. The quantitative estimate of drug-likeness (QED) is 0.703. The third-order valence-electron chi connectivity index (χ3n) is 1.99. The Hall–Kier alpha value is -1.33. The van der Waals surface area contributed by atoms with Gasteiger partial charge < -0.3 is 11.5 Å². The lowest BCUT2D eigenvalue weighted by atomic mass is 10.2. The van der Waals surface area contributed by atoms with Crippen LogP contribution in [0.15, 0.2) is 30.3 Å². The lowest BCUT2D eigenvalue weighted by Crippen LogP contribution is -2.38. The van der Waals surface area contributed by atoms with Crippen molar-refractivity contribution in [3.8, 4) is 0 Å². The van der Waals surface area contributed by atoms with Crippen molar-refractivity contribution in [2.75, 3.05) is 11.5 Å². The normalized spacial score (nSPS) is 12.1. The Kier molecular flexibility index (Phi) is 5.01. The molecule has 0 aliphatic rings. The van der Waals surface area contributed by atoms with Crippen molar-refractivity contribution in [1.29, 1.82) is 0 Å². The van der Waals surface area contributed by atoms with Gasteiger partial charge in [-0.15, -0.1) is 0 Å². The maximum Gasteiger partial charge on any atom is 0.235 e. The van der Waals surface area contributed by atoms with Gasteiger partial charge in [0, 0.05) is 11.3 Å². The highest BCUT2D eigenvalue weighted by molar-refractivity contribution is 8.00. The van der Waals surface area contributed by atoms with Crippen LogP contribution in [0.3, 0.4) is 0 Å². The van der Waals surface area contributed by atoms with Gasteiger partial charge in [0.2, 0.25) is 5.91 Å². The summed E-state index contributed by atoms with van der Waals surface area (Å²) < 4.78 is 0. The van der Waals surface area contributed by atoms with Crippen LogP contribution in [0.2, 0.25) is 0 Å². The van der Waals surface area contributed by atoms with Crippen LogP contribution in [0.4, 0.5) is 0 Å². The SMILES string of the molecule is NC(=O)[C@@H](N)CSCC(=O)c1ccccc1. The van der Waals surface area contributed by atoms with Gasteiger partial charge in [-0.05, 0) is 0 Å². The second-order valence-electron chi connectivity index (χ2n) is 3.31. The van der Waals surface area contributed by atoms with E-state index in [1.807, 2.05) is 18.2 Å². The molecule has 1 atom stereocenters. The molecule has 16 heavy (non-hydrogen) atoms. The number of hydrogen-bond donors (Lipinski definition) is 2. The van der Waals surface area contributed by atoms with E-state index < -0.39 is 11.9 Å². The molecule has 86 valence electrons. The number of primary amides is 1. The largest absolute Gasteiger partial charge is 0.368 e. The highest BCUT2D eigenvalue weighted by Crippen LogP contribution is 2.07. The van der Waals surface area contributed by atoms with E-state index in [1.54, 1.807) is 12.1 Å². The van der Waals surface area contributed by atoms with Gasteiger partial charge in [-0.2, -0.15) is 11.8 Å².